The summed E-state index contributed by atoms with van der Waals surface area (Å²) in [5.41, 5.74) is 6.29. The minimum Gasteiger partial charge on any atom is -0.322 e. The summed E-state index contributed by atoms with van der Waals surface area (Å²) < 4.78 is 27.2. The van der Waals surface area contributed by atoms with Crippen molar-refractivity contribution >= 4 is 0 Å². The van der Waals surface area contributed by atoms with Crippen LogP contribution in [0.25, 0.3) is 0 Å². The van der Waals surface area contributed by atoms with Gasteiger partial charge in [0.05, 0.1) is 6.04 Å². The van der Waals surface area contributed by atoms with Crippen LogP contribution in [0.2, 0.25) is 0 Å². The van der Waals surface area contributed by atoms with Crippen molar-refractivity contribution in [3.8, 4) is 0 Å². The predicted octanol–water partition coefficient (Wildman–Crippen LogP) is 2.84. The fourth-order valence-corrected chi connectivity index (χ4v) is 3.07. The third-order valence-corrected chi connectivity index (χ3v) is 4.26. The summed E-state index contributed by atoms with van der Waals surface area (Å²) in [6.07, 6.45) is 4.03. The Balaban J connectivity index is 2.40. The molecule has 2 nitrogen and oxygen atoms in total. The largest absolute Gasteiger partial charge is 0.322 e. The third kappa shape index (κ3) is 2.04. The van der Waals surface area contributed by atoms with Gasteiger partial charge in [0, 0.05) is 11.1 Å². The number of benzene rings is 1. The quantitative estimate of drug-likeness (QED) is 0.898. The van der Waals surface area contributed by atoms with Gasteiger partial charge in [-0.05, 0) is 33.0 Å². The number of nitrogens with zero attached hydrogens (tertiary/aromatic N) is 1. The van der Waals surface area contributed by atoms with Crippen LogP contribution < -0.4 is 5.73 Å². The van der Waals surface area contributed by atoms with Crippen LogP contribution in [0.4, 0.5) is 8.78 Å². The van der Waals surface area contributed by atoms with E-state index in [1.807, 2.05) is 14.1 Å². The second kappa shape index (κ2) is 4.94. The van der Waals surface area contributed by atoms with E-state index in [4.69, 9.17) is 5.73 Å². The Morgan fingerprint density at radius 3 is 2.39 bits per heavy atom. The maximum atomic E-state index is 13.9. The zero-order chi connectivity index (χ0) is 13.3. The molecule has 1 aliphatic rings. The van der Waals surface area contributed by atoms with Gasteiger partial charge in [-0.15, -0.1) is 0 Å². The highest BCUT2D eigenvalue weighted by atomic mass is 19.2. The van der Waals surface area contributed by atoms with Gasteiger partial charge in [0.2, 0.25) is 0 Å². The highest BCUT2D eigenvalue weighted by Crippen LogP contribution is 2.42. The number of hydrogen-bond acceptors (Lipinski definition) is 2. The highest BCUT2D eigenvalue weighted by Gasteiger charge is 2.43. The molecule has 1 fully saturated rings. The molecule has 1 unspecified atom stereocenters. The maximum absolute atomic E-state index is 13.9. The molecule has 0 bridgehead atoms. The van der Waals surface area contributed by atoms with Crippen molar-refractivity contribution in [3.05, 3.63) is 35.4 Å². The average molecular weight is 254 g/mol. The second-order valence-electron chi connectivity index (χ2n) is 5.33. The first kappa shape index (κ1) is 13.4. The van der Waals surface area contributed by atoms with Gasteiger partial charge in [-0.25, -0.2) is 8.78 Å². The maximum Gasteiger partial charge on any atom is 0.163 e. The van der Waals surface area contributed by atoms with Crippen LogP contribution in [0, 0.1) is 11.6 Å². The molecule has 1 aromatic carbocycles. The molecule has 0 aliphatic heterocycles. The minimum atomic E-state index is -0.824. The zero-order valence-corrected chi connectivity index (χ0v) is 10.9. The SMILES string of the molecule is CN(C)C1(C(N)c2cccc(F)c2F)CCCC1. The number of rotatable bonds is 3. The van der Waals surface area contributed by atoms with Gasteiger partial charge in [-0.1, -0.05) is 25.0 Å². The summed E-state index contributed by atoms with van der Waals surface area (Å²) in [6.45, 7) is 0. The molecule has 1 aromatic rings. The number of halogens is 2. The predicted molar refractivity (Wildman–Crippen MR) is 68.2 cm³/mol. The van der Waals surface area contributed by atoms with Crippen LogP contribution in [0.3, 0.4) is 0 Å². The van der Waals surface area contributed by atoms with Crippen LogP contribution in [0.5, 0.6) is 0 Å². The molecule has 0 radical (unpaired) electrons. The van der Waals surface area contributed by atoms with E-state index in [9.17, 15) is 8.78 Å². The summed E-state index contributed by atoms with van der Waals surface area (Å²) in [7, 11) is 3.92. The van der Waals surface area contributed by atoms with Crippen molar-refractivity contribution in [2.24, 2.45) is 5.73 Å². The zero-order valence-electron chi connectivity index (χ0n) is 10.9. The summed E-state index contributed by atoms with van der Waals surface area (Å²) in [5.74, 6) is -1.63. The van der Waals surface area contributed by atoms with Crippen molar-refractivity contribution in [2.45, 2.75) is 37.3 Å². The fourth-order valence-electron chi connectivity index (χ4n) is 3.07. The van der Waals surface area contributed by atoms with Crippen molar-refractivity contribution in [2.75, 3.05) is 14.1 Å². The fraction of sp³-hybridized carbons (Fsp3) is 0.571. The van der Waals surface area contributed by atoms with Crippen LogP contribution in [0.1, 0.15) is 37.3 Å². The van der Waals surface area contributed by atoms with E-state index < -0.39 is 17.7 Å². The van der Waals surface area contributed by atoms with E-state index in [-0.39, 0.29) is 11.1 Å². The number of nitrogens with two attached hydrogens (primary N) is 1. The van der Waals surface area contributed by atoms with Gasteiger partial charge in [0.15, 0.2) is 11.6 Å². The molecule has 100 valence electrons. The third-order valence-electron chi connectivity index (χ3n) is 4.26. The lowest BCUT2D eigenvalue weighted by Gasteiger charge is -2.41. The van der Waals surface area contributed by atoms with E-state index in [2.05, 4.69) is 4.90 Å². The minimum absolute atomic E-state index is 0.255. The Labute approximate surface area is 107 Å². The van der Waals surface area contributed by atoms with E-state index in [1.165, 1.54) is 6.07 Å². The van der Waals surface area contributed by atoms with Crippen LogP contribution in [-0.4, -0.2) is 24.5 Å². The highest BCUT2D eigenvalue weighted by molar-refractivity contribution is 5.26. The van der Waals surface area contributed by atoms with Gasteiger partial charge in [-0.3, -0.25) is 0 Å². The Morgan fingerprint density at radius 1 is 1.22 bits per heavy atom. The normalized spacial score (nSPS) is 20.3. The Kier molecular flexibility index (Phi) is 3.69. The first-order chi connectivity index (χ1) is 8.49. The number of likely N-dealkylation sites (N-methyl/N-ethyl adjacent to an activating group) is 1. The lowest BCUT2D eigenvalue weighted by Crippen LogP contribution is -2.50. The van der Waals surface area contributed by atoms with Gasteiger partial charge in [0.25, 0.3) is 0 Å². The first-order valence-electron chi connectivity index (χ1n) is 6.36. The smallest absolute Gasteiger partial charge is 0.163 e. The van der Waals surface area contributed by atoms with E-state index >= 15 is 0 Å². The Bertz CT molecular complexity index is 426. The molecule has 0 amide bonds. The van der Waals surface area contributed by atoms with Gasteiger partial charge in [0.1, 0.15) is 0 Å². The molecule has 2 rings (SSSR count). The summed E-state index contributed by atoms with van der Waals surface area (Å²) in [6, 6.07) is 3.74. The lowest BCUT2D eigenvalue weighted by molar-refractivity contribution is 0.121. The van der Waals surface area contributed by atoms with Crippen molar-refractivity contribution in [3.63, 3.8) is 0 Å². The molecule has 18 heavy (non-hydrogen) atoms. The molecule has 1 aliphatic carbocycles. The number of hydrogen-bond donors (Lipinski definition) is 1. The summed E-state index contributed by atoms with van der Waals surface area (Å²) in [4.78, 5) is 2.06. The molecule has 2 N–H and O–H groups in total. The molecular weight excluding hydrogens is 234 g/mol. The molecule has 0 heterocycles. The molecule has 1 saturated carbocycles. The van der Waals surface area contributed by atoms with Crippen molar-refractivity contribution in [1.29, 1.82) is 0 Å². The summed E-state index contributed by atoms with van der Waals surface area (Å²) >= 11 is 0. The molecule has 0 aromatic heterocycles. The second-order valence-corrected chi connectivity index (χ2v) is 5.33. The van der Waals surface area contributed by atoms with E-state index in [0.717, 1.165) is 31.7 Å². The molecule has 1 atom stereocenters. The van der Waals surface area contributed by atoms with Gasteiger partial charge < -0.3 is 10.6 Å². The first-order valence-corrected chi connectivity index (χ1v) is 6.36. The molecular formula is C14H20F2N2. The Morgan fingerprint density at radius 2 is 1.83 bits per heavy atom. The van der Waals surface area contributed by atoms with Gasteiger partial charge >= 0.3 is 0 Å². The van der Waals surface area contributed by atoms with Crippen LogP contribution in [-0.2, 0) is 0 Å². The monoisotopic (exact) mass is 254 g/mol. The summed E-state index contributed by atoms with van der Waals surface area (Å²) in [5, 5.41) is 0. The van der Waals surface area contributed by atoms with Gasteiger partial charge in [-0.2, -0.15) is 0 Å². The lowest BCUT2D eigenvalue weighted by atomic mass is 9.83. The average Bonchev–Trinajstić information content (AvgIpc) is 2.82. The van der Waals surface area contributed by atoms with Crippen molar-refractivity contribution < 1.29 is 8.78 Å². The topological polar surface area (TPSA) is 29.3 Å². The molecule has 4 heteroatoms. The standard InChI is InChI=1S/C14H20F2N2/c1-18(2)14(8-3-4-9-14)13(17)10-6-5-7-11(15)12(10)16/h5-7,13H,3-4,8-9,17H2,1-2H3. The molecule has 0 spiro atoms. The molecule has 0 saturated heterocycles. The van der Waals surface area contributed by atoms with Crippen LogP contribution >= 0.6 is 0 Å². The Hall–Kier alpha value is -1.00. The van der Waals surface area contributed by atoms with E-state index in [1.54, 1.807) is 6.07 Å². The van der Waals surface area contributed by atoms with Crippen LogP contribution in [0.15, 0.2) is 18.2 Å². The van der Waals surface area contributed by atoms with E-state index in [0.29, 0.717) is 0 Å². The van der Waals surface area contributed by atoms with Crippen molar-refractivity contribution in [1.82, 2.24) is 4.90 Å².